The first kappa shape index (κ1) is 12.1. The van der Waals surface area contributed by atoms with E-state index in [1.165, 1.54) is 11.6 Å². The standard InChI is InChI=1S/C12H13N3O3/c1-4-18-7(2)8-5-9-10(13-6-8)14-11(16)12(17)15(9)3/h5-6H,2,4H2,1,3H3,(H,13,14,16). The Bertz CT molecular complexity index is 727. The summed E-state index contributed by atoms with van der Waals surface area (Å²) in [4.78, 5) is 29.3. The zero-order valence-corrected chi connectivity index (χ0v) is 10.2. The topological polar surface area (TPSA) is 77.0 Å². The van der Waals surface area contributed by atoms with Crippen LogP contribution < -0.4 is 11.1 Å². The van der Waals surface area contributed by atoms with E-state index in [4.69, 9.17) is 4.74 Å². The molecule has 0 radical (unpaired) electrons. The van der Waals surface area contributed by atoms with Crippen LogP contribution in [0.2, 0.25) is 0 Å². The molecule has 1 N–H and O–H groups in total. The van der Waals surface area contributed by atoms with Crippen molar-refractivity contribution < 1.29 is 4.74 Å². The van der Waals surface area contributed by atoms with E-state index in [0.717, 1.165) is 0 Å². The van der Waals surface area contributed by atoms with Gasteiger partial charge in [0.15, 0.2) is 5.65 Å². The van der Waals surface area contributed by atoms with Gasteiger partial charge in [0.05, 0.1) is 12.1 Å². The van der Waals surface area contributed by atoms with Crippen LogP contribution in [0.4, 0.5) is 0 Å². The minimum atomic E-state index is -0.686. The zero-order valence-electron chi connectivity index (χ0n) is 10.2. The Morgan fingerprint density at radius 1 is 1.56 bits per heavy atom. The highest BCUT2D eigenvalue weighted by molar-refractivity contribution is 5.74. The molecule has 0 amide bonds. The number of fused-ring (bicyclic) bond motifs is 1. The molecule has 0 aliphatic heterocycles. The number of nitrogens with one attached hydrogen (secondary N) is 1. The van der Waals surface area contributed by atoms with Crippen molar-refractivity contribution in [1.82, 2.24) is 14.5 Å². The number of H-pyrrole nitrogens is 1. The predicted molar refractivity (Wildman–Crippen MR) is 68.3 cm³/mol. The Kier molecular flexibility index (Phi) is 3.01. The molecule has 94 valence electrons. The van der Waals surface area contributed by atoms with Crippen LogP contribution in [0, 0.1) is 0 Å². The predicted octanol–water partition coefficient (Wildman–Crippen LogP) is 0.629. The highest BCUT2D eigenvalue weighted by atomic mass is 16.5. The van der Waals surface area contributed by atoms with Crippen LogP contribution in [0.3, 0.4) is 0 Å². The first-order valence-electron chi connectivity index (χ1n) is 5.45. The Balaban J connectivity index is 2.68. The first-order chi connectivity index (χ1) is 8.54. The van der Waals surface area contributed by atoms with Crippen molar-refractivity contribution >= 4 is 16.9 Å². The van der Waals surface area contributed by atoms with Gasteiger partial charge in [-0.25, -0.2) is 4.98 Å². The Hall–Kier alpha value is -2.37. The van der Waals surface area contributed by atoms with E-state index < -0.39 is 11.1 Å². The van der Waals surface area contributed by atoms with Crippen molar-refractivity contribution in [3.63, 3.8) is 0 Å². The van der Waals surface area contributed by atoms with Gasteiger partial charge in [0.2, 0.25) is 0 Å². The minimum absolute atomic E-state index is 0.357. The Morgan fingerprint density at radius 3 is 2.94 bits per heavy atom. The molecule has 0 aromatic carbocycles. The molecule has 0 aliphatic carbocycles. The van der Waals surface area contributed by atoms with Crippen molar-refractivity contribution in [2.24, 2.45) is 7.05 Å². The maximum absolute atomic E-state index is 11.5. The smallest absolute Gasteiger partial charge is 0.316 e. The van der Waals surface area contributed by atoms with Crippen LogP contribution in [0.25, 0.3) is 16.9 Å². The van der Waals surface area contributed by atoms with Crippen LogP contribution in [0.1, 0.15) is 12.5 Å². The van der Waals surface area contributed by atoms with Crippen molar-refractivity contribution in [2.45, 2.75) is 6.92 Å². The lowest BCUT2D eigenvalue weighted by molar-refractivity contribution is 0.299. The van der Waals surface area contributed by atoms with Gasteiger partial charge in [-0.3, -0.25) is 9.59 Å². The molecule has 0 fully saturated rings. The molecule has 18 heavy (non-hydrogen) atoms. The third kappa shape index (κ3) is 1.92. The summed E-state index contributed by atoms with van der Waals surface area (Å²) in [5.74, 6) is 0.477. The van der Waals surface area contributed by atoms with Gasteiger partial charge < -0.3 is 14.3 Å². The summed E-state index contributed by atoms with van der Waals surface area (Å²) in [5, 5.41) is 0. The molecule has 0 saturated heterocycles. The number of ether oxygens (including phenoxy) is 1. The number of rotatable bonds is 3. The largest absolute Gasteiger partial charge is 0.494 e. The Morgan fingerprint density at radius 2 is 2.28 bits per heavy atom. The summed E-state index contributed by atoms with van der Waals surface area (Å²) in [7, 11) is 1.52. The fourth-order valence-electron chi connectivity index (χ4n) is 1.64. The minimum Gasteiger partial charge on any atom is -0.494 e. The number of hydrogen-bond acceptors (Lipinski definition) is 4. The van der Waals surface area contributed by atoms with Gasteiger partial charge in [-0.2, -0.15) is 0 Å². The molecule has 6 heteroatoms. The van der Waals surface area contributed by atoms with E-state index >= 15 is 0 Å². The van der Waals surface area contributed by atoms with Crippen molar-refractivity contribution in [3.8, 4) is 0 Å². The summed E-state index contributed by atoms with van der Waals surface area (Å²) < 4.78 is 6.53. The molecule has 0 aliphatic rings. The van der Waals surface area contributed by atoms with Gasteiger partial charge in [-0.15, -0.1) is 0 Å². The third-order valence-corrected chi connectivity index (χ3v) is 2.60. The van der Waals surface area contributed by atoms with E-state index in [0.29, 0.717) is 29.1 Å². The molecule has 0 spiro atoms. The fraction of sp³-hybridized carbons (Fsp3) is 0.250. The highest BCUT2D eigenvalue weighted by Crippen LogP contribution is 2.16. The van der Waals surface area contributed by atoms with E-state index in [2.05, 4.69) is 16.5 Å². The van der Waals surface area contributed by atoms with Crippen molar-refractivity contribution in [1.29, 1.82) is 0 Å². The second-order valence-corrected chi connectivity index (χ2v) is 3.77. The van der Waals surface area contributed by atoms with E-state index in [9.17, 15) is 9.59 Å². The average molecular weight is 247 g/mol. The molecule has 0 unspecified atom stereocenters. The lowest BCUT2D eigenvalue weighted by atomic mass is 10.2. The maximum Gasteiger partial charge on any atom is 0.316 e. The van der Waals surface area contributed by atoms with Crippen LogP contribution in [0.5, 0.6) is 0 Å². The van der Waals surface area contributed by atoms with Gasteiger partial charge in [0.1, 0.15) is 5.76 Å². The summed E-state index contributed by atoms with van der Waals surface area (Å²) in [6.45, 7) is 6.13. The number of aromatic amines is 1. The monoisotopic (exact) mass is 247 g/mol. The molecule has 0 atom stereocenters. The fourth-order valence-corrected chi connectivity index (χ4v) is 1.64. The number of nitrogens with zero attached hydrogens (tertiary/aromatic N) is 2. The second-order valence-electron chi connectivity index (χ2n) is 3.77. The number of hydrogen-bond donors (Lipinski definition) is 1. The van der Waals surface area contributed by atoms with Gasteiger partial charge in [0, 0.05) is 18.8 Å². The lowest BCUT2D eigenvalue weighted by Gasteiger charge is -2.08. The van der Waals surface area contributed by atoms with Crippen molar-refractivity contribution in [2.75, 3.05) is 6.61 Å². The number of aryl methyl sites for hydroxylation is 1. The summed E-state index contributed by atoms with van der Waals surface area (Å²) in [5.41, 5.74) is 0.247. The van der Waals surface area contributed by atoms with Crippen LogP contribution in [-0.2, 0) is 11.8 Å². The molecular weight excluding hydrogens is 234 g/mol. The molecular formula is C12H13N3O3. The average Bonchev–Trinajstić information content (AvgIpc) is 2.36. The molecule has 0 bridgehead atoms. The van der Waals surface area contributed by atoms with Crippen LogP contribution in [0.15, 0.2) is 28.4 Å². The Labute approximate surface area is 103 Å². The van der Waals surface area contributed by atoms with E-state index in [-0.39, 0.29) is 0 Å². The molecule has 2 aromatic rings. The summed E-state index contributed by atoms with van der Waals surface area (Å²) in [6, 6.07) is 1.71. The maximum atomic E-state index is 11.5. The molecule has 2 rings (SSSR count). The van der Waals surface area contributed by atoms with E-state index in [1.807, 2.05) is 6.92 Å². The molecule has 2 aromatic heterocycles. The molecule has 2 heterocycles. The SMILES string of the molecule is C=C(OCC)c1cnc2[nH]c(=O)c(=O)n(C)c2c1. The van der Waals surface area contributed by atoms with Gasteiger partial charge in [0.25, 0.3) is 0 Å². The summed E-state index contributed by atoms with van der Waals surface area (Å²) >= 11 is 0. The lowest BCUT2D eigenvalue weighted by Crippen LogP contribution is -2.35. The molecule has 6 nitrogen and oxygen atoms in total. The number of aromatic nitrogens is 3. The zero-order chi connectivity index (χ0) is 13.3. The second kappa shape index (κ2) is 4.48. The quantitative estimate of drug-likeness (QED) is 0.637. The van der Waals surface area contributed by atoms with E-state index in [1.54, 1.807) is 12.3 Å². The first-order valence-corrected chi connectivity index (χ1v) is 5.45. The van der Waals surface area contributed by atoms with Gasteiger partial charge in [-0.1, -0.05) is 6.58 Å². The third-order valence-electron chi connectivity index (χ3n) is 2.60. The molecule has 0 saturated carbocycles. The van der Waals surface area contributed by atoms with Crippen LogP contribution in [-0.4, -0.2) is 21.1 Å². The summed E-state index contributed by atoms with van der Waals surface area (Å²) in [6.07, 6.45) is 1.54. The van der Waals surface area contributed by atoms with Crippen molar-refractivity contribution in [3.05, 3.63) is 45.1 Å². The van der Waals surface area contributed by atoms with Gasteiger partial charge >= 0.3 is 11.1 Å². The van der Waals surface area contributed by atoms with Gasteiger partial charge in [-0.05, 0) is 13.0 Å². The highest BCUT2D eigenvalue weighted by Gasteiger charge is 2.08. The normalized spacial score (nSPS) is 10.6. The number of pyridine rings is 1. The van der Waals surface area contributed by atoms with Crippen LogP contribution >= 0.6 is 0 Å².